The van der Waals surface area contributed by atoms with Gasteiger partial charge in [-0.05, 0) is 19.3 Å². The fourth-order valence-corrected chi connectivity index (χ4v) is 3.13. The molecular weight excluding hydrogens is 264 g/mol. The molecule has 0 saturated carbocycles. The summed E-state index contributed by atoms with van der Waals surface area (Å²) in [6.45, 7) is 2.18. The maximum Gasteiger partial charge on any atom is 0.185 e. The van der Waals surface area contributed by atoms with E-state index in [4.69, 9.17) is 9.47 Å². The van der Waals surface area contributed by atoms with Crippen molar-refractivity contribution in [2.75, 3.05) is 32.2 Å². The van der Waals surface area contributed by atoms with Crippen molar-refractivity contribution in [3.63, 3.8) is 0 Å². The van der Waals surface area contributed by atoms with Crippen LogP contribution in [0.3, 0.4) is 0 Å². The molecule has 2 heterocycles. The number of aromatic nitrogens is 1. The van der Waals surface area contributed by atoms with Gasteiger partial charge < -0.3 is 19.5 Å². The summed E-state index contributed by atoms with van der Waals surface area (Å²) in [6.07, 6.45) is 3.83. The Balaban J connectivity index is 1.99. The van der Waals surface area contributed by atoms with Crippen molar-refractivity contribution in [3.8, 4) is 0 Å². The van der Waals surface area contributed by atoms with Crippen LogP contribution in [0.15, 0.2) is 0 Å². The van der Waals surface area contributed by atoms with Crippen LogP contribution in [0, 0.1) is 0 Å². The second-order valence-electron chi connectivity index (χ2n) is 4.83. The Kier molecular flexibility index (Phi) is 5.57. The second-order valence-corrected chi connectivity index (χ2v) is 5.89. The molecule has 0 aromatic carbocycles. The van der Waals surface area contributed by atoms with E-state index < -0.39 is 0 Å². The highest BCUT2D eigenvalue weighted by molar-refractivity contribution is 7.15. The lowest BCUT2D eigenvalue weighted by Gasteiger charge is -2.27. The highest BCUT2D eigenvalue weighted by atomic mass is 32.1. The maximum atomic E-state index is 9.33. The molecule has 0 radical (unpaired) electrons. The van der Waals surface area contributed by atoms with Crippen LogP contribution < -0.4 is 4.90 Å². The first kappa shape index (κ1) is 14.7. The molecule has 108 valence electrons. The molecule has 2 rings (SSSR count). The largest absolute Gasteiger partial charge is 0.391 e. The minimum Gasteiger partial charge on any atom is -0.391 e. The van der Waals surface area contributed by atoms with Crippen molar-refractivity contribution in [2.24, 2.45) is 0 Å². The summed E-state index contributed by atoms with van der Waals surface area (Å²) in [6, 6.07) is 0. The lowest BCUT2D eigenvalue weighted by molar-refractivity contribution is 0.0216. The van der Waals surface area contributed by atoms with Crippen LogP contribution in [0.5, 0.6) is 0 Å². The standard InChI is InChI=1S/C13H22N2O3S/c1-15(7-10-5-3-4-6-18-10)13-14-11(9-17-2)12(8-16)19-13/h10,16H,3-9H2,1-2H3. The third-order valence-corrected chi connectivity index (χ3v) is 4.47. The Bertz CT molecular complexity index is 391. The van der Waals surface area contributed by atoms with E-state index in [1.165, 1.54) is 24.2 Å². The fraction of sp³-hybridized carbons (Fsp3) is 0.769. The number of methoxy groups -OCH3 is 1. The number of aliphatic hydroxyl groups is 1. The summed E-state index contributed by atoms with van der Waals surface area (Å²) in [4.78, 5) is 7.53. The van der Waals surface area contributed by atoms with E-state index in [0.29, 0.717) is 12.7 Å². The van der Waals surface area contributed by atoms with Gasteiger partial charge in [0.15, 0.2) is 5.13 Å². The van der Waals surface area contributed by atoms with Gasteiger partial charge in [0.25, 0.3) is 0 Å². The van der Waals surface area contributed by atoms with Gasteiger partial charge in [-0.2, -0.15) is 0 Å². The summed E-state index contributed by atoms with van der Waals surface area (Å²) in [7, 11) is 3.66. The number of anilines is 1. The zero-order valence-corrected chi connectivity index (χ0v) is 12.4. The van der Waals surface area contributed by atoms with Crippen LogP contribution in [0.25, 0.3) is 0 Å². The summed E-state index contributed by atoms with van der Waals surface area (Å²) >= 11 is 1.53. The number of aliphatic hydroxyl groups excluding tert-OH is 1. The van der Waals surface area contributed by atoms with Crippen LogP contribution in [0.1, 0.15) is 29.8 Å². The van der Waals surface area contributed by atoms with Crippen LogP contribution in [-0.4, -0.2) is 43.5 Å². The number of nitrogens with zero attached hydrogens (tertiary/aromatic N) is 2. The molecule has 6 heteroatoms. The third kappa shape index (κ3) is 3.89. The molecule has 1 atom stereocenters. The summed E-state index contributed by atoms with van der Waals surface area (Å²) in [5.74, 6) is 0. The molecular formula is C13H22N2O3S. The first-order valence-corrected chi connectivity index (χ1v) is 7.47. The highest BCUT2D eigenvalue weighted by Crippen LogP contribution is 2.27. The quantitative estimate of drug-likeness (QED) is 0.864. The van der Waals surface area contributed by atoms with Crippen LogP contribution >= 0.6 is 11.3 Å². The van der Waals surface area contributed by atoms with Gasteiger partial charge in [-0.3, -0.25) is 0 Å². The maximum absolute atomic E-state index is 9.33. The first-order valence-electron chi connectivity index (χ1n) is 6.65. The number of ether oxygens (including phenoxy) is 2. The van der Waals surface area contributed by atoms with Crippen molar-refractivity contribution in [1.29, 1.82) is 0 Å². The first-order chi connectivity index (χ1) is 9.24. The molecule has 1 fully saturated rings. The Morgan fingerprint density at radius 3 is 3.00 bits per heavy atom. The van der Waals surface area contributed by atoms with Gasteiger partial charge in [-0.25, -0.2) is 4.98 Å². The van der Waals surface area contributed by atoms with E-state index in [9.17, 15) is 5.11 Å². The Hall–Kier alpha value is -0.690. The van der Waals surface area contributed by atoms with E-state index in [-0.39, 0.29) is 6.61 Å². The van der Waals surface area contributed by atoms with Gasteiger partial charge in [0.1, 0.15) is 0 Å². The molecule has 1 saturated heterocycles. The molecule has 0 bridgehead atoms. The average Bonchev–Trinajstić information content (AvgIpc) is 2.83. The third-order valence-electron chi connectivity index (χ3n) is 3.27. The van der Waals surface area contributed by atoms with Gasteiger partial charge >= 0.3 is 0 Å². The summed E-state index contributed by atoms with van der Waals surface area (Å²) in [5.41, 5.74) is 0.835. The highest BCUT2D eigenvalue weighted by Gasteiger charge is 2.19. The monoisotopic (exact) mass is 286 g/mol. The molecule has 1 unspecified atom stereocenters. The molecule has 0 aliphatic carbocycles. The van der Waals surface area contributed by atoms with Crippen LogP contribution in [0.2, 0.25) is 0 Å². The molecule has 0 amide bonds. The molecule has 1 N–H and O–H groups in total. The average molecular weight is 286 g/mol. The minimum atomic E-state index is 0.0180. The number of likely N-dealkylation sites (N-methyl/N-ethyl adjacent to an activating group) is 1. The lowest BCUT2D eigenvalue weighted by atomic mass is 10.1. The van der Waals surface area contributed by atoms with Crippen molar-refractivity contribution >= 4 is 16.5 Å². The summed E-state index contributed by atoms with van der Waals surface area (Å²) in [5, 5.41) is 10.3. The van der Waals surface area contributed by atoms with Gasteiger partial charge in [0.05, 0.1) is 29.9 Å². The molecule has 19 heavy (non-hydrogen) atoms. The van der Waals surface area contributed by atoms with E-state index in [1.54, 1.807) is 7.11 Å². The molecule has 0 spiro atoms. The fourth-order valence-electron chi connectivity index (χ4n) is 2.24. The van der Waals surface area contributed by atoms with E-state index in [0.717, 1.165) is 35.3 Å². The molecule has 1 aromatic rings. The molecule has 1 aliphatic heterocycles. The van der Waals surface area contributed by atoms with E-state index in [2.05, 4.69) is 9.88 Å². The number of hydrogen-bond acceptors (Lipinski definition) is 6. The van der Waals surface area contributed by atoms with Gasteiger partial charge in [-0.15, -0.1) is 0 Å². The van der Waals surface area contributed by atoms with E-state index in [1.807, 2.05) is 7.05 Å². The number of thiazole rings is 1. The SMILES string of the molecule is COCc1nc(N(C)CC2CCCCO2)sc1CO. The van der Waals surface area contributed by atoms with E-state index >= 15 is 0 Å². The Morgan fingerprint density at radius 1 is 1.53 bits per heavy atom. The minimum absolute atomic E-state index is 0.0180. The predicted molar refractivity (Wildman–Crippen MR) is 75.6 cm³/mol. The van der Waals surface area contributed by atoms with Gasteiger partial charge in [-0.1, -0.05) is 11.3 Å². The van der Waals surface area contributed by atoms with Crippen molar-refractivity contribution in [2.45, 2.75) is 38.6 Å². The van der Waals surface area contributed by atoms with Gasteiger partial charge in [0, 0.05) is 27.3 Å². The normalized spacial score (nSPS) is 19.6. The smallest absolute Gasteiger partial charge is 0.185 e. The second kappa shape index (κ2) is 7.19. The lowest BCUT2D eigenvalue weighted by Crippen LogP contribution is -2.33. The zero-order chi connectivity index (χ0) is 13.7. The van der Waals surface area contributed by atoms with Crippen LogP contribution in [0.4, 0.5) is 5.13 Å². The zero-order valence-electron chi connectivity index (χ0n) is 11.6. The van der Waals surface area contributed by atoms with Crippen molar-refractivity contribution < 1.29 is 14.6 Å². The summed E-state index contributed by atoms with van der Waals surface area (Å²) < 4.78 is 10.8. The number of hydrogen-bond donors (Lipinski definition) is 1. The van der Waals surface area contributed by atoms with Crippen LogP contribution in [-0.2, 0) is 22.7 Å². The molecule has 1 aromatic heterocycles. The molecule has 1 aliphatic rings. The van der Waals surface area contributed by atoms with Gasteiger partial charge in [0.2, 0.25) is 0 Å². The van der Waals surface area contributed by atoms with Crippen molar-refractivity contribution in [3.05, 3.63) is 10.6 Å². The Morgan fingerprint density at radius 2 is 2.37 bits per heavy atom. The van der Waals surface area contributed by atoms with Crippen molar-refractivity contribution in [1.82, 2.24) is 4.98 Å². The number of rotatable bonds is 6. The Labute approximate surface area is 118 Å². The molecule has 5 nitrogen and oxygen atoms in total. The topological polar surface area (TPSA) is 54.8 Å². The predicted octanol–water partition coefficient (Wildman–Crippen LogP) is 1.79.